The first-order valence-corrected chi connectivity index (χ1v) is 9.04. The molecule has 23 heavy (non-hydrogen) atoms. The average Bonchev–Trinajstić information content (AvgIpc) is 2.48. The Bertz CT molecular complexity index is 750. The lowest BCUT2D eigenvalue weighted by Crippen LogP contribution is -2.57. The van der Waals surface area contributed by atoms with E-state index in [-0.39, 0.29) is 6.03 Å². The van der Waals surface area contributed by atoms with Gasteiger partial charge in [-0.05, 0) is 64.8 Å². The van der Waals surface area contributed by atoms with Crippen molar-refractivity contribution in [1.82, 2.24) is 5.32 Å². The summed E-state index contributed by atoms with van der Waals surface area (Å²) in [6.45, 7) is 0. The number of carbonyl (C=O) groups excluding carboxylic acids is 1. The van der Waals surface area contributed by atoms with E-state index in [0.29, 0.717) is 11.5 Å². The highest BCUT2D eigenvalue weighted by atomic mass is 32.2. The molecule has 0 radical (unpaired) electrons. The molecule has 5 heteroatoms. The Kier molecular flexibility index (Phi) is 3.60. The molecule has 1 saturated carbocycles. The molecular formula is C18H20N2O2S. The highest BCUT2D eigenvalue weighted by molar-refractivity contribution is 8.00. The lowest BCUT2D eigenvalue weighted by atomic mass is 9.67. The summed E-state index contributed by atoms with van der Waals surface area (Å²) in [6, 6.07) is 12.1. The van der Waals surface area contributed by atoms with Gasteiger partial charge < -0.3 is 15.4 Å². The minimum absolute atomic E-state index is 0.107. The van der Waals surface area contributed by atoms with Crippen LogP contribution in [0.5, 0.6) is 5.75 Å². The number of urea groups is 1. The summed E-state index contributed by atoms with van der Waals surface area (Å²) >= 11 is 2.01. The SMILES string of the molecule is COc1ccc2cc(NC(=O)NC3CC4(CSC4)C3)ccc2c1. The Hall–Kier alpha value is -1.88. The topological polar surface area (TPSA) is 50.4 Å². The van der Waals surface area contributed by atoms with Crippen molar-refractivity contribution < 1.29 is 9.53 Å². The van der Waals surface area contributed by atoms with Gasteiger partial charge >= 0.3 is 6.03 Å². The molecule has 0 bridgehead atoms. The Balaban J connectivity index is 1.38. The molecule has 1 aliphatic carbocycles. The first-order valence-electron chi connectivity index (χ1n) is 7.89. The highest BCUT2D eigenvalue weighted by Gasteiger charge is 2.49. The number of rotatable bonds is 3. The summed E-state index contributed by atoms with van der Waals surface area (Å²) in [6.07, 6.45) is 2.26. The van der Waals surface area contributed by atoms with Crippen molar-refractivity contribution in [3.05, 3.63) is 36.4 Å². The van der Waals surface area contributed by atoms with E-state index < -0.39 is 0 Å². The van der Waals surface area contributed by atoms with Crippen molar-refractivity contribution >= 4 is 34.3 Å². The monoisotopic (exact) mass is 328 g/mol. The molecule has 1 heterocycles. The van der Waals surface area contributed by atoms with Crippen LogP contribution in [0, 0.1) is 5.41 Å². The molecule has 1 spiro atoms. The van der Waals surface area contributed by atoms with E-state index in [9.17, 15) is 4.79 Å². The van der Waals surface area contributed by atoms with Crippen LogP contribution in [0.3, 0.4) is 0 Å². The maximum Gasteiger partial charge on any atom is 0.319 e. The van der Waals surface area contributed by atoms with Gasteiger partial charge in [-0.15, -0.1) is 0 Å². The number of fused-ring (bicyclic) bond motifs is 1. The molecule has 4 nitrogen and oxygen atoms in total. The molecule has 2 N–H and O–H groups in total. The van der Waals surface area contributed by atoms with Gasteiger partial charge in [0.1, 0.15) is 5.75 Å². The van der Waals surface area contributed by atoms with Gasteiger partial charge in [-0.1, -0.05) is 12.1 Å². The first kappa shape index (κ1) is 14.7. The molecule has 2 fully saturated rings. The molecule has 0 unspecified atom stereocenters. The number of ether oxygens (including phenoxy) is 1. The van der Waals surface area contributed by atoms with Gasteiger partial charge in [-0.3, -0.25) is 0 Å². The fourth-order valence-corrected chi connectivity index (χ4v) is 4.75. The lowest BCUT2D eigenvalue weighted by molar-refractivity contribution is 0.130. The van der Waals surface area contributed by atoms with Gasteiger partial charge in [0.15, 0.2) is 0 Å². The summed E-state index contributed by atoms with van der Waals surface area (Å²) < 4.78 is 5.23. The van der Waals surface area contributed by atoms with Crippen molar-refractivity contribution in [3.63, 3.8) is 0 Å². The fraction of sp³-hybridized carbons (Fsp3) is 0.389. The molecule has 120 valence electrons. The Morgan fingerprint density at radius 1 is 1.17 bits per heavy atom. The standard InChI is InChI=1S/C18H20N2O2S/c1-22-16-5-3-12-6-14(4-2-13(12)7-16)19-17(21)20-15-8-18(9-15)10-23-11-18/h2-7,15H,8-11H2,1H3,(H2,19,20,21). The van der Waals surface area contributed by atoms with E-state index >= 15 is 0 Å². The zero-order chi connectivity index (χ0) is 15.9. The minimum atomic E-state index is -0.107. The Morgan fingerprint density at radius 3 is 2.61 bits per heavy atom. The number of carbonyl (C=O) groups is 1. The number of nitrogens with one attached hydrogen (secondary N) is 2. The predicted octanol–water partition coefficient (Wildman–Crippen LogP) is 3.87. The van der Waals surface area contributed by atoms with Gasteiger partial charge in [0.2, 0.25) is 0 Å². The quantitative estimate of drug-likeness (QED) is 0.899. The fourth-order valence-electron chi connectivity index (χ4n) is 3.50. The van der Waals surface area contributed by atoms with Gasteiger partial charge in [0.05, 0.1) is 7.11 Å². The highest BCUT2D eigenvalue weighted by Crippen LogP contribution is 2.52. The molecular weight excluding hydrogens is 308 g/mol. The van der Waals surface area contributed by atoms with Crippen molar-refractivity contribution in [2.24, 2.45) is 5.41 Å². The number of hydrogen-bond acceptors (Lipinski definition) is 3. The van der Waals surface area contributed by atoms with Crippen LogP contribution in [-0.4, -0.2) is 30.7 Å². The third-order valence-corrected chi connectivity index (χ3v) is 6.45. The minimum Gasteiger partial charge on any atom is -0.497 e. The van der Waals surface area contributed by atoms with Gasteiger partial charge in [-0.25, -0.2) is 4.79 Å². The molecule has 1 saturated heterocycles. The smallest absolute Gasteiger partial charge is 0.319 e. The van der Waals surface area contributed by atoms with E-state index in [4.69, 9.17) is 4.74 Å². The van der Waals surface area contributed by atoms with Crippen LogP contribution < -0.4 is 15.4 Å². The second-order valence-corrected chi connectivity index (χ2v) is 7.61. The van der Waals surface area contributed by atoms with Crippen molar-refractivity contribution in [3.8, 4) is 5.75 Å². The third kappa shape index (κ3) is 2.85. The second-order valence-electron chi connectivity index (χ2n) is 6.62. The second kappa shape index (κ2) is 5.64. The van der Waals surface area contributed by atoms with Crippen molar-refractivity contribution in [1.29, 1.82) is 0 Å². The first-order chi connectivity index (χ1) is 11.2. The van der Waals surface area contributed by atoms with E-state index in [1.165, 1.54) is 11.5 Å². The van der Waals surface area contributed by atoms with Gasteiger partial charge in [0, 0.05) is 11.7 Å². The lowest BCUT2D eigenvalue weighted by Gasteiger charge is -2.53. The van der Waals surface area contributed by atoms with E-state index in [0.717, 1.165) is 35.1 Å². The summed E-state index contributed by atoms with van der Waals surface area (Å²) in [7, 11) is 1.66. The van der Waals surface area contributed by atoms with Crippen LogP contribution in [0.1, 0.15) is 12.8 Å². The third-order valence-electron chi connectivity index (χ3n) is 4.82. The normalized spacial score (nSPS) is 19.0. The number of anilines is 1. The molecule has 2 amide bonds. The number of thioether (sulfide) groups is 1. The molecule has 4 rings (SSSR count). The summed E-state index contributed by atoms with van der Waals surface area (Å²) in [5.41, 5.74) is 1.36. The number of amides is 2. The molecule has 0 aromatic heterocycles. The van der Waals surface area contributed by atoms with Crippen molar-refractivity contribution in [2.75, 3.05) is 23.9 Å². The van der Waals surface area contributed by atoms with Gasteiger partial charge in [0.25, 0.3) is 0 Å². The van der Waals surface area contributed by atoms with E-state index in [1.807, 2.05) is 48.2 Å². The predicted molar refractivity (Wildman–Crippen MR) is 95.4 cm³/mol. The zero-order valence-electron chi connectivity index (χ0n) is 13.1. The van der Waals surface area contributed by atoms with Crippen LogP contribution in [0.4, 0.5) is 10.5 Å². The van der Waals surface area contributed by atoms with E-state index in [1.54, 1.807) is 7.11 Å². The summed E-state index contributed by atoms with van der Waals surface area (Å²) in [4.78, 5) is 12.1. The van der Waals surface area contributed by atoms with Crippen LogP contribution in [0.2, 0.25) is 0 Å². The average molecular weight is 328 g/mol. The Morgan fingerprint density at radius 2 is 1.91 bits per heavy atom. The summed E-state index contributed by atoms with van der Waals surface area (Å²) in [5.74, 6) is 3.37. The summed E-state index contributed by atoms with van der Waals surface area (Å²) in [5, 5.41) is 8.19. The zero-order valence-corrected chi connectivity index (χ0v) is 13.9. The van der Waals surface area contributed by atoms with Crippen LogP contribution in [0.15, 0.2) is 36.4 Å². The van der Waals surface area contributed by atoms with Crippen LogP contribution >= 0.6 is 11.8 Å². The van der Waals surface area contributed by atoms with Gasteiger partial charge in [-0.2, -0.15) is 11.8 Å². The Labute approximate surface area is 140 Å². The largest absolute Gasteiger partial charge is 0.497 e. The van der Waals surface area contributed by atoms with E-state index in [2.05, 4.69) is 10.6 Å². The molecule has 0 atom stereocenters. The maximum absolute atomic E-state index is 12.1. The molecule has 2 aromatic carbocycles. The molecule has 1 aliphatic heterocycles. The van der Waals surface area contributed by atoms with Crippen LogP contribution in [0.25, 0.3) is 10.8 Å². The maximum atomic E-state index is 12.1. The molecule has 2 aromatic rings. The number of hydrogen-bond donors (Lipinski definition) is 2. The molecule has 2 aliphatic rings. The van der Waals surface area contributed by atoms with Crippen LogP contribution in [-0.2, 0) is 0 Å². The number of methoxy groups -OCH3 is 1. The number of benzene rings is 2. The van der Waals surface area contributed by atoms with Crippen molar-refractivity contribution in [2.45, 2.75) is 18.9 Å².